The molecule has 31 heavy (non-hydrogen) atoms. The minimum atomic E-state index is -0.646. The Kier molecular flexibility index (Phi) is 9.93. The van der Waals surface area contributed by atoms with Crippen LogP contribution in [-0.4, -0.2) is 68.3 Å². The molecule has 0 spiro atoms. The van der Waals surface area contributed by atoms with Crippen molar-refractivity contribution in [2.75, 3.05) is 33.4 Å². The summed E-state index contributed by atoms with van der Waals surface area (Å²) in [6.45, 7) is 5.36. The van der Waals surface area contributed by atoms with Gasteiger partial charge in [-0.15, -0.1) is 0 Å². The lowest BCUT2D eigenvalue weighted by atomic mass is 10.1. The Morgan fingerprint density at radius 2 is 1.77 bits per heavy atom. The van der Waals surface area contributed by atoms with Crippen molar-refractivity contribution in [2.24, 2.45) is 0 Å². The first-order chi connectivity index (χ1) is 14.9. The Morgan fingerprint density at radius 3 is 2.39 bits per heavy atom. The van der Waals surface area contributed by atoms with Crippen molar-refractivity contribution in [3.8, 4) is 11.5 Å². The zero-order chi connectivity index (χ0) is 22.6. The molecule has 1 atom stereocenters. The van der Waals surface area contributed by atoms with Gasteiger partial charge in [0.05, 0.1) is 13.7 Å². The number of carbonyl (C=O) groups excluding carboxylic acids is 3. The Balaban J connectivity index is 1.58. The van der Waals surface area contributed by atoms with Crippen molar-refractivity contribution >= 4 is 17.9 Å². The summed E-state index contributed by atoms with van der Waals surface area (Å²) in [5.74, 6) is 1.01. The van der Waals surface area contributed by atoms with Crippen LogP contribution in [0, 0.1) is 0 Å². The highest BCUT2D eigenvalue weighted by Crippen LogP contribution is 2.18. The lowest BCUT2D eigenvalue weighted by Gasteiger charge is -2.31. The molecular formula is C22H33N3O6. The molecule has 0 bridgehead atoms. The molecule has 9 heteroatoms. The van der Waals surface area contributed by atoms with E-state index in [1.165, 1.54) is 0 Å². The second-order valence-electron chi connectivity index (χ2n) is 7.36. The summed E-state index contributed by atoms with van der Waals surface area (Å²) in [5.41, 5.74) is 0. The molecule has 1 heterocycles. The van der Waals surface area contributed by atoms with E-state index in [4.69, 9.17) is 14.2 Å². The van der Waals surface area contributed by atoms with Crippen molar-refractivity contribution in [3.05, 3.63) is 24.3 Å². The van der Waals surface area contributed by atoms with E-state index in [1.807, 2.05) is 0 Å². The number of rotatable bonds is 10. The van der Waals surface area contributed by atoms with Gasteiger partial charge in [0.25, 0.3) is 5.91 Å². The molecule has 172 valence electrons. The maximum Gasteiger partial charge on any atom is 0.409 e. The van der Waals surface area contributed by atoms with Crippen LogP contribution in [0.3, 0.4) is 0 Å². The van der Waals surface area contributed by atoms with Gasteiger partial charge in [0.1, 0.15) is 11.5 Å². The lowest BCUT2D eigenvalue weighted by molar-refractivity contribution is -0.127. The summed E-state index contributed by atoms with van der Waals surface area (Å²) >= 11 is 0. The van der Waals surface area contributed by atoms with Crippen LogP contribution in [0.25, 0.3) is 0 Å². The molecule has 0 radical (unpaired) electrons. The molecule has 1 fully saturated rings. The van der Waals surface area contributed by atoms with E-state index in [9.17, 15) is 14.4 Å². The van der Waals surface area contributed by atoms with Crippen molar-refractivity contribution < 1.29 is 28.6 Å². The third-order valence-corrected chi connectivity index (χ3v) is 5.01. The fourth-order valence-corrected chi connectivity index (χ4v) is 3.24. The van der Waals surface area contributed by atoms with Crippen LogP contribution in [0.4, 0.5) is 4.79 Å². The number of ether oxygens (including phenoxy) is 3. The molecule has 3 amide bonds. The SMILES string of the molecule is CCOC(=O)N1CCC(NC(=O)CCCNC(=O)C(C)Oc2ccc(OC)cc2)CC1. The minimum Gasteiger partial charge on any atom is -0.497 e. The van der Waals surface area contributed by atoms with Gasteiger partial charge in [-0.25, -0.2) is 4.79 Å². The zero-order valence-corrected chi connectivity index (χ0v) is 18.5. The van der Waals surface area contributed by atoms with Gasteiger partial charge in [-0.05, 0) is 57.4 Å². The topological polar surface area (TPSA) is 106 Å². The summed E-state index contributed by atoms with van der Waals surface area (Å²) in [6, 6.07) is 7.07. The highest BCUT2D eigenvalue weighted by molar-refractivity contribution is 5.81. The van der Waals surface area contributed by atoms with Crippen LogP contribution in [0.5, 0.6) is 11.5 Å². The zero-order valence-electron chi connectivity index (χ0n) is 18.5. The number of hydrogen-bond donors (Lipinski definition) is 2. The first-order valence-electron chi connectivity index (χ1n) is 10.7. The maximum atomic E-state index is 12.2. The molecular weight excluding hydrogens is 402 g/mol. The monoisotopic (exact) mass is 435 g/mol. The first kappa shape index (κ1) is 24.3. The predicted octanol–water partition coefficient (Wildman–Crippen LogP) is 2.10. The third kappa shape index (κ3) is 8.35. The summed E-state index contributed by atoms with van der Waals surface area (Å²) < 4.78 is 15.7. The lowest BCUT2D eigenvalue weighted by Crippen LogP contribution is -2.46. The second kappa shape index (κ2) is 12.7. The average molecular weight is 436 g/mol. The van der Waals surface area contributed by atoms with Crippen LogP contribution in [-0.2, 0) is 14.3 Å². The largest absolute Gasteiger partial charge is 0.497 e. The van der Waals surface area contributed by atoms with E-state index in [2.05, 4.69) is 10.6 Å². The predicted molar refractivity (Wildman–Crippen MR) is 115 cm³/mol. The Bertz CT molecular complexity index is 716. The van der Waals surface area contributed by atoms with E-state index >= 15 is 0 Å². The highest BCUT2D eigenvalue weighted by atomic mass is 16.6. The number of hydrogen-bond acceptors (Lipinski definition) is 6. The maximum absolute atomic E-state index is 12.2. The van der Waals surface area contributed by atoms with Gasteiger partial charge in [-0.3, -0.25) is 9.59 Å². The highest BCUT2D eigenvalue weighted by Gasteiger charge is 2.24. The van der Waals surface area contributed by atoms with E-state index < -0.39 is 6.10 Å². The second-order valence-corrected chi connectivity index (χ2v) is 7.36. The van der Waals surface area contributed by atoms with E-state index in [1.54, 1.807) is 50.1 Å². The molecule has 1 aliphatic rings. The van der Waals surface area contributed by atoms with Crippen LogP contribution < -0.4 is 20.1 Å². The summed E-state index contributed by atoms with van der Waals surface area (Å²) in [7, 11) is 1.58. The van der Waals surface area contributed by atoms with Gasteiger partial charge < -0.3 is 29.7 Å². The van der Waals surface area contributed by atoms with Gasteiger partial charge in [-0.1, -0.05) is 0 Å². The molecule has 2 rings (SSSR count). The molecule has 0 aromatic heterocycles. The molecule has 9 nitrogen and oxygen atoms in total. The standard InChI is InChI=1S/C22H33N3O6/c1-4-30-22(28)25-14-11-17(12-15-25)24-20(26)6-5-13-23-21(27)16(2)31-19-9-7-18(29-3)8-10-19/h7-10,16-17H,4-6,11-15H2,1-3H3,(H,23,27)(H,24,26). The van der Waals surface area contributed by atoms with Gasteiger partial charge in [0.15, 0.2) is 6.10 Å². The Hall–Kier alpha value is -2.97. The Labute approximate surface area is 183 Å². The van der Waals surface area contributed by atoms with Crippen LogP contribution in [0.1, 0.15) is 39.5 Å². The molecule has 1 aromatic rings. The van der Waals surface area contributed by atoms with E-state index in [0.29, 0.717) is 63.4 Å². The van der Waals surface area contributed by atoms with Gasteiger partial charge in [0, 0.05) is 32.1 Å². The van der Waals surface area contributed by atoms with Crippen LogP contribution in [0.2, 0.25) is 0 Å². The molecule has 0 aliphatic carbocycles. The molecule has 1 aliphatic heterocycles. The number of methoxy groups -OCH3 is 1. The van der Waals surface area contributed by atoms with Crippen molar-refractivity contribution in [2.45, 2.75) is 51.7 Å². The first-order valence-corrected chi connectivity index (χ1v) is 10.7. The van der Waals surface area contributed by atoms with Gasteiger partial charge in [-0.2, -0.15) is 0 Å². The summed E-state index contributed by atoms with van der Waals surface area (Å²) in [4.78, 5) is 37.7. The summed E-state index contributed by atoms with van der Waals surface area (Å²) in [6.07, 6.45) is 1.34. The number of benzene rings is 1. The van der Waals surface area contributed by atoms with Gasteiger partial charge in [0.2, 0.25) is 5.91 Å². The van der Waals surface area contributed by atoms with E-state index in [0.717, 1.165) is 0 Å². The normalized spacial score (nSPS) is 15.0. The molecule has 1 aromatic carbocycles. The van der Waals surface area contributed by atoms with E-state index in [-0.39, 0.29) is 23.9 Å². The van der Waals surface area contributed by atoms with Crippen molar-refractivity contribution in [3.63, 3.8) is 0 Å². The average Bonchev–Trinajstić information content (AvgIpc) is 2.77. The van der Waals surface area contributed by atoms with Crippen molar-refractivity contribution in [1.82, 2.24) is 15.5 Å². The molecule has 0 saturated carbocycles. The fraction of sp³-hybridized carbons (Fsp3) is 0.591. The smallest absolute Gasteiger partial charge is 0.409 e. The minimum absolute atomic E-state index is 0.0497. The third-order valence-electron chi connectivity index (χ3n) is 5.01. The number of likely N-dealkylation sites (tertiary alicyclic amines) is 1. The Morgan fingerprint density at radius 1 is 1.13 bits per heavy atom. The van der Waals surface area contributed by atoms with Crippen LogP contribution in [0.15, 0.2) is 24.3 Å². The fourth-order valence-electron chi connectivity index (χ4n) is 3.24. The number of carbonyl (C=O) groups is 3. The number of nitrogens with one attached hydrogen (secondary N) is 2. The molecule has 2 N–H and O–H groups in total. The van der Waals surface area contributed by atoms with Crippen molar-refractivity contribution in [1.29, 1.82) is 0 Å². The molecule has 1 unspecified atom stereocenters. The molecule has 1 saturated heterocycles. The number of piperidine rings is 1. The van der Waals surface area contributed by atoms with Crippen LogP contribution >= 0.6 is 0 Å². The van der Waals surface area contributed by atoms with Gasteiger partial charge >= 0.3 is 6.09 Å². The number of amides is 3. The number of nitrogens with zero attached hydrogens (tertiary/aromatic N) is 1. The summed E-state index contributed by atoms with van der Waals surface area (Å²) in [5, 5.41) is 5.79. The quantitative estimate of drug-likeness (QED) is 0.545.